The normalized spacial score (nSPS) is 12.7. The standard InChI is InChI=1S/C19H21FN2O2/c1-12-14(11-15-16(20)8-5-9-17(15)22-12)13(7-6-10-21)18(23)24-19(2,3)4/h5,8-9,11,13H,6-7H2,1-4H3. The third kappa shape index (κ3) is 4.08. The topological polar surface area (TPSA) is 63.0 Å². The van der Waals surface area contributed by atoms with E-state index in [0.717, 1.165) is 0 Å². The Balaban J connectivity index is 2.51. The molecule has 24 heavy (non-hydrogen) atoms. The predicted molar refractivity (Wildman–Crippen MR) is 89.9 cm³/mol. The van der Waals surface area contributed by atoms with E-state index < -0.39 is 17.5 Å². The van der Waals surface area contributed by atoms with Crippen LogP contribution in [0.5, 0.6) is 0 Å². The molecular formula is C19H21FN2O2. The van der Waals surface area contributed by atoms with Gasteiger partial charge in [0.1, 0.15) is 11.4 Å². The SMILES string of the molecule is Cc1nc2cccc(F)c2cc1C(CCC#N)C(=O)OC(C)(C)C. The maximum atomic E-state index is 14.1. The first-order valence-corrected chi connectivity index (χ1v) is 7.88. The molecule has 2 rings (SSSR count). The number of benzene rings is 1. The Morgan fingerprint density at radius 1 is 1.42 bits per heavy atom. The van der Waals surface area contributed by atoms with E-state index in [1.807, 2.05) is 0 Å². The van der Waals surface area contributed by atoms with Gasteiger partial charge in [-0.15, -0.1) is 0 Å². The highest BCUT2D eigenvalue weighted by atomic mass is 19.1. The van der Waals surface area contributed by atoms with Crippen LogP contribution in [0.25, 0.3) is 10.9 Å². The molecule has 0 saturated heterocycles. The van der Waals surface area contributed by atoms with Gasteiger partial charge in [-0.2, -0.15) is 5.26 Å². The van der Waals surface area contributed by atoms with Crippen LogP contribution >= 0.6 is 0 Å². The number of nitriles is 1. The van der Waals surface area contributed by atoms with Gasteiger partial charge in [-0.05, 0) is 57.9 Å². The summed E-state index contributed by atoms with van der Waals surface area (Å²) in [5.41, 5.74) is 1.16. The minimum atomic E-state index is -0.639. The molecule has 1 aromatic carbocycles. The molecule has 0 aliphatic carbocycles. The lowest BCUT2D eigenvalue weighted by Gasteiger charge is -2.24. The third-order valence-electron chi connectivity index (χ3n) is 3.65. The second kappa shape index (κ2) is 6.96. The molecule has 1 unspecified atom stereocenters. The lowest BCUT2D eigenvalue weighted by molar-refractivity contribution is -0.156. The van der Waals surface area contributed by atoms with Crippen molar-refractivity contribution in [2.75, 3.05) is 0 Å². The van der Waals surface area contributed by atoms with Gasteiger partial charge in [0.15, 0.2) is 0 Å². The van der Waals surface area contributed by atoms with Gasteiger partial charge in [-0.1, -0.05) is 6.07 Å². The van der Waals surface area contributed by atoms with Gasteiger partial charge in [-0.3, -0.25) is 9.78 Å². The van der Waals surface area contributed by atoms with Crippen molar-refractivity contribution in [3.8, 4) is 6.07 Å². The van der Waals surface area contributed by atoms with Crippen LogP contribution in [0.2, 0.25) is 0 Å². The number of pyridine rings is 1. The van der Waals surface area contributed by atoms with Crippen molar-refractivity contribution in [3.05, 3.63) is 41.3 Å². The molecule has 0 amide bonds. The van der Waals surface area contributed by atoms with Crippen LogP contribution in [-0.2, 0) is 9.53 Å². The van der Waals surface area contributed by atoms with Crippen molar-refractivity contribution in [2.24, 2.45) is 0 Å². The highest BCUT2D eigenvalue weighted by Crippen LogP contribution is 2.30. The largest absolute Gasteiger partial charge is 0.459 e. The monoisotopic (exact) mass is 328 g/mol. The fourth-order valence-electron chi connectivity index (χ4n) is 2.61. The van der Waals surface area contributed by atoms with Crippen molar-refractivity contribution in [2.45, 2.75) is 52.1 Å². The van der Waals surface area contributed by atoms with Gasteiger partial charge >= 0.3 is 5.97 Å². The molecule has 1 heterocycles. The molecule has 0 spiro atoms. The van der Waals surface area contributed by atoms with Crippen LogP contribution in [0.3, 0.4) is 0 Å². The quantitative estimate of drug-likeness (QED) is 0.780. The number of ether oxygens (including phenoxy) is 1. The van der Waals surface area contributed by atoms with E-state index >= 15 is 0 Å². The van der Waals surface area contributed by atoms with E-state index in [4.69, 9.17) is 10.00 Å². The number of aromatic nitrogens is 1. The molecule has 5 heteroatoms. The van der Waals surface area contributed by atoms with E-state index in [9.17, 15) is 9.18 Å². The number of rotatable bonds is 4. The van der Waals surface area contributed by atoms with Gasteiger partial charge in [-0.25, -0.2) is 4.39 Å². The van der Waals surface area contributed by atoms with Crippen LogP contribution in [0, 0.1) is 24.1 Å². The van der Waals surface area contributed by atoms with E-state index in [0.29, 0.717) is 28.6 Å². The molecular weight excluding hydrogens is 307 g/mol. The number of aryl methyl sites for hydroxylation is 1. The summed E-state index contributed by atoms with van der Waals surface area (Å²) in [6, 6.07) is 8.40. The second-order valence-electron chi connectivity index (χ2n) is 6.75. The highest BCUT2D eigenvalue weighted by molar-refractivity contribution is 5.84. The molecule has 0 radical (unpaired) electrons. The number of halogens is 1. The maximum Gasteiger partial charge on any atom is 0.314 e. The Kier molecular flexibility index (Phi) is 5.18. The summed E-state index contributed by atoms with van der Waals surface area (Å²) >= 11 is 0. The Hall–Kier alpha value is -2.48. The van der Waals surface area contributed by atoms with Crippen LogP contribution in [0.1, 0.15) is 50.8 Å². The summed E-state index contributed by atoms with van der Waals surface area (Å²) in [5, 5.41) is 9.25. The average molecular weight is 328 g/mol. The molecule has 126 valence electrons. The maximum absolute atomic E-state index is 14.1. The number of carbonyl (C=O) groups is 1. The van der Waals surface area contributed by atoms with E-state index in [2.05, 4.69) is 11.1 Å². The molecule has 0 aliphatic rings. The van der Waals surface area contributed by atoms with E-state index in [1.165, 1.54) is 6.07 Å². The first-order valence-electron chi connectivity index (χ1n) is 7.88. The number of esters is 1. The summed E-state index contributed by atoms with van der Waals surface area (Å²) in [6.45, 7) is 7.15. The first-order chi connectivity index (χ1) is 11.2. The van der Waals surface area contributed by atoms with E-state index in [1.54, 1.807) is 45.9 Å². The molecule has 4 nitrogen and oxygen atoms in total. The molecule has 1 aromatic heterocycles. The molecule has 0 aliphatic heterocycles. The lowest BCUT2D eigenvalue weighted by Crippen LogP contribution is -2.28. The summed E-state index contributed by atoms with van der Waals surface area (Å²) < 4.78 is 19.6. The average Bonchev–Trinajstić information content (AvgIpc) is 2.47. The Labute approximate surface area is 141 Å². The van der Waals surface area contributed by atoms with E-state index in [-0.39, 0.29) is 12.2 Å². The molecule has 1 atom stereocenters. The van der Waals surface area contributed by atoms with Crippen molar-refractivity contribution in [3.63, 3.8) is 0 Å². The predicted octanol–water partition coefficient (Wildman–Crippen LogP) is 4.41. The number of hydrogen-bond donors (Lipinski definition) is 0. The number of nitrogens with zero attached hydrogens (tertiary/aromatic N) is 2. The summed E-state index contributed by atoms with van der Waals surface area (Å²) in [4.78, 5) is 17.0. The molecule has 0 fully saturated rings. The van der Waals surface area contributed by atoms with Crippen LogP contribution < -0.4 is 0 Å². The fourth-order valence-corrected chi connectivity index (χ4v) is 2.61. The van der Waals surface area contributed by atoms with Crippen molar-refractivity contribution in [1.82, 2.24) is 4.98 Å². The number of carbonyl (C=O) groups excluding carboxylic acids is 1. The Morgan fingerprint density at radius 3 is 2.75 bits per heavy atom. The molecule has 0 N–H and O–H groups in total. The fraction of sp³-hybridized carbons (Fsp3) is 0.421. The summed E-state index contributed by atoms with van der Waals surface area (Å²) in [5.74, 6) is -1.44. The Bertz CT molecular complexity index is 803. The molecule has 0 saturated carbocycles. The van der Waals surface area contributed by atoms with Crippen LogP contribution in [0.4, 0.5) is 4.39 Å². The van der Waals surface area contributed by atoms with Crippen molar-refractivity contribution >= 4 is 16.9 Å². The minimum Gasteiger partial charge on any atom is -0.459 e. The smallest absolute Gasteiger partial charge is 0.314 e. The van der Waals surface area contributed by atoms with Crippen molar-refractivity contribution < 1.29 is 13.9 Å². The van der Waals surface area contributed by atoms with Gasteiger partial charge in [0.05, 0.1) is 17.5 Å². The zero-order valence-corrected chi connectivity index (χ0v) is 14.4. The van der Waals surface area contributed by atoms with Gasteiger partial charge < -0.3 is 4.74 Å². The minimum absolute atomic E-state index is 0.207. The lowest BCUT2D eigenvalue weighted by atomic mass is 9.92. The number of hydrogen-bond acceptors (Lipinski definition) is 4. The Morgan fingerprint density at radius 2 is 2.12 bits per heavy atom. The second-order valence-corrected chi connectivity index (χ2v) is 6.75. The van der Waals surface area contributed by atoms with Crippen molar-refractivity contribution in [1.29, 1.82) is 5.26 Å². The van der Waals surface area contributed by atoms with Crippen LogP contribution in [0.15, 0.2) is 24.3 Å². The first kappa shape index (κ1) is 17.9. The van der Waals surface area contributed by atoms with Gasteiger partial charge in [0.25, 0.3) is 0 Å². The molecule has 0 bridgehead atoms. The third-order valence-corrected chi connectivity index (χ3v) is 3.65. The molecule has 2 aromatic rings. The number of fused-ring (bicyclic) bond motifs is 1. The van der Waals surface area contributed by atoms with Gasteiger partial charge in [0, 0.05) is 17.5 Å². The zero-order valence-electron chi connectivity index (χ0n) is 14.4. The zero-order chi connectivity index (χ0) is 17.9. The van der Waals surface area contributed by atoms with Crippen LogP contribution in [-0.4, -0.2) is 16.6 Å². The van der Waals surface area contributed by atoms with Gasteiger partial charge in [0.2, 0.25) is 0 Å². The summed E-state index contributed by atoms with van der Waals surface area (Å²) in [6.07, 6.45) is 0.520. The summed E-state index contributed by atoms with van der Waals surface area (Å²) in [7, 11) is 0. The highest BCUT2D eigenvalue weighted by Gasteiger charge is 2.28.